The van der Waals surface area contributed by atoms with Gasteiger partial charge in [-0.05, 0) is 37.0 Å². The van der Waals surface area contributed by atoms with E-state index in [4.69, 9.17) is 0 Å². The summed E-state index contributed by atoms with van der Waals surface area (Å²) in [5.74, 6) is 0. The largest absolute Gasteiger partial charge is 0.261 e. The Bertz CT molecular complexity index is 219. The second-order valence-corrected chi connectivity index (χ2v) is 6.15. The zero-order chi connectivity index (χ0) is 9.52. The molecule has 0 aliphatic rings. The van der Waals surface area contributed by atoms with E-state index >= 15 is 0 Å². The van der Waals surface area contributed by atoms with Gasteiger partial charge in [-0.1, -0.05) is 19.9 Å². The van der Waals surface area contributed by atoms with E-state index in [1.807, 2.05) is 12.3 Å². The number of pyridine rings is 1. The van der Waals surface area contributed by atoms with Gasteiger partial charge < -0.3 is 0 Å². The maximum atomic E-state index is 4.33. The number of hydrogen-bond donors (Lipinski definition) is 0. The van der Waals surface area contributed by atoms with Crippen molar-refractivity contribution in [1.29, 1.82) is 0 Å². The highest BCUT2D eigenvalue weighted by Crippen LogP contribution is 2.34. The lowest BCUT2D eigenvalue weighted by Crippen LogP contribution is -1.96. The fourth-order valence-electron chi connectivity index (χ4n) is 1.36. The number of aryl methyl sites for hydroxylation is 1. The maximum Gasteiger partial charge on any atom is 0.0407 e. The molecule has 0 bridgehead atoms. The molecule has 0 atom stereocenters. The molecule has 2 heteroatoms. The SMILES string of the molecule is CCP(CC)CCc1ccccn1. The Hall–Kier alpha value is -0.420. The van der Waals surface area contributed by atoms with Crippen molar-refractivity contribution in [2.45, 2.75) is 20.3 Å². The number of nitrogens with zero attached hydrogens (tertiary/aromatic N) is 1. The summed E-state index contributed by atoms with van der Waals surface area (Å²) in [5, 5.41) is 0. The quantitative estimate of drug-likeness (QED) is 0.658. The lowest BCUT2D eigenvalue weighted by molar-refractivity contribution is 1.04. The van der Waals surface area contributed by atoms with Crippen LogP contribution in [0.3, 0.4) is 0 Å². The van der Waals surface area contributed by atoms with Crippen LogP contribution in [0, 0.1) is 0 Å². The molecule has 0 aliphatic carbocycles. The van der Waals surface area contributed by atoms with Gasteiger partial charge >= 0.3 is 0 Å². The van der Waals surface area contributed by atoms with Crippen LogP contribution < -0.4 is 0 Å². The summed E-state index contributed by atoms with van der Waals surface area (Å²) in [6.45, 7) is 4.60. The van der Waals surface area contributed by atoms with Crippen molar-refractivity contribution < 1.29 is 0 Å². The van der Waals surface area contributed by atoms with Crippen LogP contribution in [0.25, 0.3) is 0 Å². The number of hydrogen-bond acceptors (Lipinski definition) is 1. The summed E-state index contributed by atoms with van der Waals surface area (Å²) in [4.78, 5) is 4.33. The lowest BCUT2D eigenvalue weighted by Gasteiger charge is -2.11. The summed E-state index contributed by atoms with van der Waals surface area (Å²) in [6.07, 6.45) is 7.11. The Balaban J connectivity index is 2.34. The fraction of sp³-hybridized carbons (Fsp3) is 0.545. The van der Waals surface area contributed by atoms with E-state index in [1.54, 1.807) is 0 Å². The van der Waals surface area contributed by atoms with Gasteiger partial charge in [-0.15, -0.1) is 7.92 Å². The van der Waals surface area contributed by atoms with Crippen LogP contribution in [-0.2, 0) is 6.42 Å². The Morgan fingerprint density at radius 3 is 2.54 bits per heavy atom. The van der Waals surface area contributed by atoms with Crippen molar-refractivity contribution in [3.05, 3.63) is 30.1 Å². The summed E-state index contributed by atoms with van der Waals surface area (Å²) in [6, 6.07) is 6.17. The van der Waals surface area contributed by atoms with Gasteiger partial charge in [-0.25, -0.2) is 0 Å². The average molecular weight is 195 g/mol. The van der Waals surface area contributed by atoms with Crippen molar-refractivity contribution in [2.24, 2.45) is 0 Å². The van der Waals surface area contributed by atoms with Gasteiger partial charge in [0.2, 0.25) is 0 Å². The molecule has 0 aliphatic heterocycles. The third-order valence-corrected chi connectivity index (χ3v) is 4.95. The molecule has 0 saturated carbocycles. The molecule has 1 nitrogen and oxygen atoms in total. The molecule has 0 aromatic carbocycles. The van der Waals surface area contributed by atoms with Crippen LogP contribution in [0.1, 0.15) is 19.5 Å². The highest BCUT2D eigenvalue weighted by Gasteiger charge is 2.02. The van der Waals surface area contributed by atoms with Crippen molar-refractivity contribution in [3.63, 3.8) is 0 Å². The topological polar surface area (TPSA) is 12.9 Å². The number of aromatic nitrogens is 1. The highest BCUT2D eigenvalue weighted by molar-refractivity contribution is 7.57. The van der Waals surface area contributed by atoms with E-state index < -0.39 is 0 Å². The Labute approximate surface area is 82.3 Å². The molecular weight excluding hydrogens is 177 g/mol. The molecule has 0 N–H and O–H groups in total. The monoisotopic (exact) mass is 195 g/mol. The highest BCUT2D eigenvalue weighted by atomic mass is 31.1. The third kappa shape index (κ3) is 3.87. The molecule has 0 spiro atoms. The molecule has 1 aromatic heterocycles. The molecule has 0 amide bonds. The van der Waals surface area contributed by atoms with E-state index in [0.29, 0.717) is 0 Å². The zero-order valence-corrected chi connectivity index (χ0v) is 9.43. The van der Waals surface area contributed by atoms with E-state index in [1.165, 1.54) is 24.2 Å². The summed E-state index contributed by atoms with van der Waals surface area (Å²) in [7, 11) is 0.280. The molecule has 0 unspecified atom stereocenters. The van der Waals surface area contributed by atoms with Crippen LogP contribution in [0.2, 0.25) is 0 Å². The van der Waals surface area contributed by atoms with Gasteiger partial charge in [-0.2, -0.15) is 0 Å². The summed E-state index contributed by atoms with van der Waals surface area (Å²) >= 11 is 0. The molecule has 1 aromatic rings. The van der Waals surface area contributed by atoms with Gasteiger partial charge in [0, 0.05) is 11.9 Å². The molecule has 0 saturated heterocycles. The average Bonchev–Trinajstić information content (AvgIpc) is 2.21. The van der Waals surface area contributed by atoms with Crippen LogP contribution in [0.15, 0.2) is 24.4 Å². The number of rotatable bonds is 5. The minimum atomic E-state index is 0.280. The van der Waals surface area contributed by atoms with Gasteiger partial charge in [-0.3, -0.25) is 4.98 Å². The predicted molar refractivity (Wildman–Crippen MR) is 60.8 cm³/mol. The Morgan fingerprint density at radius 1 is 1.23 bits per heavy atom. The van der Waals surface area contributed by atoms with Gasteiger partial charge in [0.15, 0.2) is 0 Å². The second kappa shape index (κ2) is 6.10. The lowest BCUT2D eigenvalue weighted by atomic mass is 10.3. The predicted octanol–water partition coefficient (Wildman–Crippen LogP) is 3.15. The van der Waals surface area contributed by atoms with Crippen molar-refractivity contribution in [1.82, 2.24) is 4.98 Å². The van der Waals surface area contributed by atoms with Crippen molar-refractivity contribution >= 4 is 7.92 Å². The molecule has 0 radical (unpaired) electrons. The normalized spacial score (nSPS) is 10.7. The van der Waals surface area contributed by atoms with Gasteiger partial charge in [0.05, 0.1) is 0 Å². The Kier molecular flexibility index (Phi) is 5.00. The smallest absolute Gasteiger partial charge is 0.0407 e. The van der Waals surface area contributed by atoms with E-state index in [9.17, 15) is 0 Å². The van der Waals surface area contributed by atoms with Crippen LogP contribution in [-0.4, -0.2) is 23.5 Å². The van der Waals surface area contributed by atoms with E-state index in [-0.39, 0.29) is 7.92 Å². The van der Waals surface area contributed by atoms with Crippen LogP contribution in [0.5, 0.6) is 0 Å². The minimum Gasteiger partial charge on any atom is -0.261 e. The minimum absolute atomic E-state index is 0.280. The molecule has 72 valence electrons. The second-order valence-electron chi connectivity index (χ2n) is 3.10. The summed E-state index contributed by atoms with van der Waals surface area (Å²) < 4.78 is 0. The first kappa shape index (κ1) is 10.7. The first-order valence-electron chi connectivity index (χ1n) is 4.99. The summed E-state index contributed by atoms with van der Waals surface area (Å²) in [5.41, 5.74) is 1.25. The Morgan fingerprint density at radius 2 is 2.00 bits per heavy atom. The zero-order valence-electron chi connectivity index (χ0n) is 8.53. The molecule has 1 rings (SSSR count). The molecule has 1 heterocycles. The van der Waals surface area contributed by atoms with Crippen LogP contribution >= 0.6 is 7.92 Å². The standard InChI is InChI=1S/C11H18NP/c1-3-13(4-2)10-8-11-7-5-6-9-12-11/h5-7,9H,3-4,8,10H2,1-2H3. The first-order chi connectivity index (χ1) is 6.36. The molecule has 13 heavy (non-hydrogen) atoms. The maximum absolute atomic E-state index is 4.33. The molecule has 0 fully saturated rings. The fourth-order valence-corrected chi connectivity index (χ4v) is 2.98. The van der Waals surface area contributed by atoms with E-state index in [0.717, 1.165) is 6.42 Å². The van der Waals surface area contributed by atoms with Gasteiger partial charge in [0.25, 0.3) is 0 Å². The first-order valence-corrected chi connectivity index (χ1v) is 6.88. The van der Waals surface area contributed by atoms with Crippen molar-refractivity contribution in [2.75, 3.05) is 18.5 Å². The van der Waals surface area contributed by atoms with Crippen LogP contribution in [0.4, 0.5) is 0 Å². The van der Waals surface area contributed by atoms with E-state index in [2.05, 4.69) is 31.0 Å². The van der Waals surface area contributed by atoms with Gasteiger partial charge in [0.1, 0.15) is 0 Å². The third-order valence-electron chi connectivity index (χ3n) is 2.30. The molecular formula is C11H18NP. The van der Waals surface area contributed by atoms with Crippen molar-refractivity contribution in [3.8, 4) is 0 Å².